The van der Waals surface area contributed by atoms with Crippen molar-refractivity contribution >= 4 is 12.3 Å². The second-order valence-electron chi connectivity index (χ2n) is 14.7. The highest BCUT2D eigenvalue weighted by atomic mass is 14.7. The quantitative estimate of drug-likeness (QED) is 0.0868. The first-order chi connectivity index (χ1) is 28.3. The van der Waals surface area contributed by atoms with Crippen LogP contribution in [0.4, 0.5) is 0 Å². The molecule has 0 N–H and O–H groups in total. The normalized spacial score (nSPS) is 10.1. The molecule has 6 aromatic rings. The minimum atomic E-state index is 0.915. The molecule has 0 fully saturated rings. The van der Waals surface area contributed by atoms with Crippen LogP contribution in [-0.4, -0.2) is 12.8 Å². The highest BCUT2D eigenvalue weighted by Gasteiger charge is 2.06. The Labute approximate surface area is 355 Å². The first-order valence-corrected chi connectivity index (χ1v) is 21.8. The second-order valence-corrected chi connectivity index (χ2v) is 14.7. The van der Waals surface area contributed by atoms with E-state index in [0.717, 1.165) is 13.0 Å². The third-order valence-corrected chi connectivity index (χ3v) is 9.88. The summed E-state index contributed by atoms with van der Waals surface area (Å²) in [5, 5.41) is 0. The van der Waals surface area contributed by atoms with Gasteiger partial charge >= 0.3 is 0 Å². The van der Waals surface area contributed by atoms with Crippen LogP contribution in [0.3, 0.4) is 0 Å². The molecule has 0 aliphatic heterocycles. The molecule has 1 nitrogen and oxygen atoms in total. The maximum absolute atomic E-state index is 4.52. The van der Waals surface area contributed by atoms with Gasteiger partial charge < -0.3 is 0 Å². The summed E-state index contributed by atoms with van der Waals surface area (Å²) in [6.45, 7) is 24.4. The Morgan fingerprint density at radius 3 is 0.948 bits per heavy atom. The summed E-state index contributed by atoms with van der Waals surface area (Å²) < 4.78 is 0. The molecule has 0 unspecified atom stereocenters. The number of benzene rings is 6. The lowest BCUT2D eigenvalue weighted by atomic mass is 9.96. The van der Waals surface area contributed by atoms with Crippen LogP contribution in [0, 0.1) is 27.7 Å². The summed E-state index contributed by atoms with van der Waals surface area (Å²) in [6.07, 6.45) is 14.4. The molecule has 0 spiro atoms. The van der Waals surface area contributed by atoms with Gasteiger partial charge in [-0.1, -0.05) is 238 Å². The highest BCUT2D eigenvalue weighted by Crippen LogP contribution is 2.28. The molecular formula is C57H73N. The zero-order valence-electron chi connectivity index (χ0n) is 37.5. The molecule has 0 saturated carbocycles. The van der Waals surface area contributed by atoms with Gasteiger partial charge in [-0.25, -0.2) is 0 Å². The molecule has 306 valence electrons. The summed E-state index contributed by atoms with van der Waals surface area (Å²) >= 11 is 0. The number of rotatable bonds is 12. The molecule has 0 atom stereocenters. The van der Waals surface area contributed by atoms with E-state index < -0.39 is 0 Å². The van der Waals surface area contributed by atoms with Crippen LogP contribution in [0.1, 0.15) is 119 Å². The Bertz CT molecular complexity index is 1980. The lowest BCUT2D eigenvalue weighted by Gasteiger charge is -2.08. The smallest absolute Gasteiger partial charge is 0.0389 e. The van der Waals surface area contributed by atoms with E-state index in [1.807, 2.05) is 18.4 Å². The third-order valence-electron chi connectivity index (χ3n) is 9.88. The van der Waals surface area contributed by atoms with Crippen molar-refractivity contribution in [1.29, 1.82) is 0 Å². The van der Waals surface area contributed by atoms with Gasteiger partial charge in [0.25, 0.3) is 0 Å². The van der Waals surface area contributed by atoms with Crippen molar-refractivity contribution in [3.05, 3.63) is 186 Å². The summed E-state index contributed by atoms with van der Waals surface area (Å²) in [5.41, 5.74) is 15.4. The van der Waals surface area contributed by atoms with Gasteiger partial charge in [-0.05, 0) is 95.3 Å². The fourth-order valence-corrected chi connectivity index (χ4v) is 6.39. The molecule has 0 aliphatic rings. The monoisotopic (exact) mass is 772 g/mol. The van der Waals surface area contributed by atoms with E-state index >= 15 is 0 Å². The first kappa shape index (κ1) is 48.9. The van der Waals surface area contributed by atoms with Crippen molar-refractivity contribution < 1.29 is 0 Å². The van der Waals surface area contributed by atoms with Gasteiger partial charge in [0.2, 0.25) is 0 Å². The SMILES string of the molecule is C=Cc1ccccc1-c1ccccc1C.CCCCC.CCCCC.CCCCN=Cc1ccccc1-c1ccccc1C.Cc1ccccc1-c1ccccc1C. The summed E-state index contributed by atoms with van der Waals surface area (Å²) in [7, 11) is 0. The molecule has 58 heavy (non-hydrogen) atoms. The average Bonchev–Trinajstić information content (AvgIpc) is 3.25. The van der Waals surface area contributed by atoms with E-state index in [4.69, 9.17) is 0 Å². The minimum Gasteiger partial charge on any atom is -0.293 e. The predicted octanol–water partition coefficient (Wildman–Crippen LogP) is 17.5. The standard InChI is InChI=1S/C18H21N.C15H14.C14H14.2C5H12/c1-3-4-13-19-14-16-10-6-8-12-18(16)17-11-7-5-9-15(17)2;1-3-13-9-5-7-11-15(13)14-10-6-4-8-12(14)2;1-11-7-3-5-9-13(11)14-10-6-4-8-12(14)2;2*1-3-5-4-2/h5-12,14H,3-4,13H2,1-2H3;3-11H,1H2,2H3;3-10H,1-2H3;2*3-5H2,1-2H3. The molecule has 1 heteroatoms. The Morgan fingerprint density at radius 2 is 0.638 bits per heavy atom. The van der Waals surface area contributed by atoms with Gasteiger partial charge in [0.1, 0.15) is 0 Å². The van der Waals surface area contributed by atoms with Crippen molar-refractivity contribution in [3.63, 3.8) is 0 Å². The van der Waals surface area contributed by atoms with Crippen LogP contribution in [-0.2, 0) is 0 Å². The van der Waals surface area contributed by atoms with Crippen molar-refractivity contribution in [3.8, 4) is 33.4 Å². The highest BCUT2D eigenvalue weighted by molar-refractivity contribution is 5.91. The Morgan fingerprint density at radius 1 is 0.362 bits per heavy atom. The van der Waals surface area contributed by atoms with Gasteiger partial charge in [-0.2, -0.15) is 0 Å². The van der Waals surface area contributed by atoms with E-state index in [1.165, 1.54) is 112 Å². The molecule has 6 aromatic carbocycles. The van der Waals surface area contributed by atoms with Gasteiger partial charge in [-0.3, -0.25) is 4.99 Å². The number of aryl methyl sites for hydroxylation is 4. The number of unbranched alkanes of at least 4 members (excludes halogenated alkanes) is 5. The number of nitrogens with zero attached hydrogens (tertiary/aromatic N) is 1. The average molecular weight is 772 g/mol. The number of hydrogen-bond donors (Lipinski definition) is 0. The van der Waals surface area contributed by atoms with Gasteiger partial charge in [-0.15, -0.1) is 0 Å². The summed E-state index contributed by atoms with van der Waals surface area (Å²) in [5.74, 6) is 0. The molecule has 0 aromatic heterocycles. The van der Waals surface area contributed by atoms with Crippen LogP contribution < -0.4 is 0 Å². The number of aliphatic imine (C=N–C) groups is 1. The molecule has 6 rings (SSSR count). The van der Waals surface area contributed by atoms with Crippen molar-refractivity contribution in [2.45, 2.75) is 114 Å². The van der Waals surface area contributed by atoms with Gasteiger partial charge in [0.15, 0.2) is 0 Å². The summed E-state index contributed by atoms with van der Waals surface area (Å²) in [6, 6.07) is 50.7. The van der Waals surface area contributed by atoms with Crippen molar-refractivity contribution in [1.82, 2.24) is 0 Å². The maximum Gasteiger partial charge on any atom is 0.0389 e. The summed E-state index contributed by atoms with van der Waals surface area (Å²) in [4.78, 5) is 4.52. The maximum atomic E-state index is 4.52. The van der Waals surface area contributed by atoms with Crippen LogP contribution >= 0.6 is 0 Å². The Kier molecular flexibility index (Phi) is 25.2. The predicted molar refractivity (Wildman–Crippen MR) is 262 cm³/mol. The fraction of sp³-hybridized carbons (Fsp3) is 0.316. The van der Waals surface area contributed by atoms with Crippen LogP contribution in [0.5, 0.6) is 0 Å². The lowest BCUT2D eigenvalue weighted by Crippen LogP contribution is -1.91. The van der Waals surface area contributed by atoms with Crippen LogP contribution in [0.15, 0.2) is 157 Å². The molecule has 0 aliphatic carbocycles. The minimum absolute atomic E-state index is 0.915. The largest absolute Gasteiger partial charge is 0.293 e. The zero-order chi connectivity index (χ0) is 42.4. The molecule has 0 amide bonds. The van der Waals surface area contributed by atoms with Crippen LogP contribution in [0.25, 0.3) is 39.5 Å². The van der Waals surface area contributed by atoms with E-state index in [9.17, 15) is 0 Å². The Hall–Kier alpha value is -5.27. The second kappa shape index (κ2) is 29.9. The van der Waals surface area contributed by atoms with Crippen molar-refractivity contribution in [2.24, 2.45) is 4.99 Å². The molecule has 0 bridgehead atoms. The van der Waals surface area contributed by atoms with E-state index in [0.29, 0.717) is 0 Å². The van der Waals surface area contributed by atoms with E-state index in [-0.39, 0.29) is 0 Å². The molecular weight excluding hydrogens is 699 g/mol. The molecule has 0 radical (unpaired) electrons. The zero-order valence-corrected chi connectivity index (χ0v) is 37.5. The first-order valence-electron chi connectivity index (χ1n) is 21.8. The van der Waals surface area contributed by atoms with Gasteiger partial charge in [0, 0.05) is 18.3 Å². The van der Waals surface area contributed by atoms with Crippen molar-refractivity contribution in [2.75, 3.05) is 6.54 Å². The number of hydrogen-bond acceptors (Lipinski definition) is 1. The Balaban J connectivity index is 0.000000271. The fourth-order valence-electron chi connectivity index (χ4n) is 6.39. The van der Waals surface area contributed by atoms with Gasteiger partial charge in [0.05, 0.1) is 0 Å². The lowest BCUT2D eigenvalue weighted by molar-refractivity contribution is 0.772. The van der Waals surface area contributed by atoms with Crippen LogP contribution in [0.2, 0.25) is 0 Å². The third kappa shape index (κ3) is 17.5. The molecule has 0 heterocycles. The van der Waals surface area contributed by atoms with E-state index in [2.05, 4.69) is 213 Å². The van der Waals surface area contributed by atoms with E-state index in [1.54, 1.807) is 0 Å². The molecule has 0 saturated heterocycles. The topological polar surface area (TPSA) is 12.4 Å².